The van der Waals surface area contributed by atoms with E-state index in [4.69, 9.17) is 4.74 Å². The van der Waals surface area contributed by atoms with Crippen molar-refractivity contribution in [2.45, 2.75) is 78.2 Å². The number of nitrogens with one attached hydrogen (secondary N) is 1. The maximum atomic E-state index is 12.7. The average molecular weight is 282 g/mol. The van der Waals surface area contributed by atoms with Gasteiger partial charge >= 0.3 is 0 Å². The minimum Gasteiger partial charge on any atom is -0.378 e. The number of nitrogens with zero attached hydrogens (tertiary/aromatic N) is 1. The Labute approximate surface area is 123 Å². The summed E-state index contributed by atoms with van der Waals surface area (Å²) in [6.07, 6.45) is 3.58. The molecule has 0 bridgehead atoms. The molecule has 4 nitrogen and oxygen atoms in total. The zero-order valence-corrected chi connectivity index (χ0v) is 13.6. The lowest BCUT2D eigenvalue weighted by Crippen LogP contribution is -2.54. The predicted molar refractivity (Wildman–Crippen MR) is 80.3 cm³/mol. The number of carbonyl (C=O) groups is 1. The number of rotatable bonds is 6. The van der Waals surface area contributed by atoms with Gasteiger partial charge in [-0.1, -0.05) is 34.1 Å². The Morgan fingerprint density at radius 2 is 1.95 bits per heavy atom. The van der Waals surface area contributed by atoms with Crippen LogP contribution in [0.25, 0.3) is 0 Å². The van der Waals surface area contributed by atoms with Gasteiger partial charge in [0.2, 0.25) is 5.91 Å². The Morgan fingerprint density at radius 1 is 1.30 bits per heavy atom. The predicted octanol–water partition coefficient (Wildman–Crippen LogP) is 2.38. The molecule has 0 aromatic carbocycles. The summed E-state index contributed by atoms with van der Waals surface area (Å²) in [5, 5.41) is 3.57. The Bertz CT molecular complexity index is 339. The summed E-state index contributed by atoms with van der Waals surface area (Å²) < 4.78 is 5.64. The highest BCUT2D eigenvalue weighted by Crippen LogP contribution is 2.34. The van der Waals surface area contributed by atoms with Crippen molar-refractivity contribution in [1.29, 1.82) is 0 Å². The largest absolute Gasteiger partial charge is 0.378 e. The van der Waals surface area contributed by atoms with Crippen LogP contribution in [0.2, 0.25) is 0 Å². The molecule has 1 aliphatic carbocycles. The number of hydrogen-bond acceptors (Lipinski definition) is 3. The van der Waals surface area contributed by atoms with Gasteiger partial charge in [0.25, 0.3) is 0 Å². The van der Waals surface area contributed by atoms with Crippen LogP contribution in [-0.2, 0) is 9.53 Å². The van der Waals surface area contributed by atoms with Crippen LogP contribution >= 0.6 is 0 Å². The molecule has 3 atom stereocenters. The van der Waals surface area contributed by atoms with Gasteiger partial charge in [0.05, 0.1) is 18.3 Å². The molecule has 116 valence electrons. The molecule has 0 aromatic heterocycles. The molecule has 2 aliphatic rings. The van der Waals surface area contributed by atoms with Gasteiger partial charge < -0.3 is 9.64 Å². The van der Waals surface area contributed by atoms with Crippen molar-refractivity contribution in [1.82, 2.24) is 10.2 Å². The lowest BCUT2D eigenvalue weighted by molar-refractivity contribution is -0.140. The van der Waals surface area contributed by atoms with Crippen molar-refractivity contribution in [3.63, 3.8) is 0 Å². The van der Waals surface area contributed by atoms with E-state index in [-0.39, 0.29) is 12.2 Å². The van der Waals surface area contributed by atoms with Gasteiger partial charge in [-0.15, -0.1) is 0 Å². The average Bonchev–Trinajstić information content (AvgIpc) is 2.70. The molecule has 1 saturated heterocycles. The van der Waals surface area contributed by atoms with Crippen LogP contribution < -0.4 is 5.32 Å². The van der Waals surface area contributed by atoms with Gasteiger partial charge in [-0.05, 0) is 31.6 Å². The van der Waals surface area contributed by atoms with Crippen molar-refractivity contribution in [2.75, 3.05) is 6.61 Å². The minimum absolute atomic E-state index is 0.00135. The van der Waals surface area contributed by atoms with Crippen molar-refractivity contribution >= 4 is 5.91 Å². The van der Waals surface area contributed by atoms with Crippen molar-refractivity contribution < 1.29 is 9.53 Å². The van der Waals surface area contributed by atoms with Gasteiger partial charge in [-0.2, -0.15) is 0 Å². The van der Waals surface area contributed by atoms with E-state index in [0.717, 1.165) is 25.9 Å². The van der Waals surface area contributed by atoms with Crippen molar-refractivity contribution in [3.8, 4) is 0 Å². The maximum absolute atomic E-state index is 12.7. The van der Waals surface area contributed by atoms with Gasteiger partial charge in [-0.25, -0.2) is 0 Å². The van der Waals surface area contributed by atoms with Crippen molar-refractivity contribution in [2.24, 2.45) is 11.8 Å². The van der Waals surface area contributed by atoms with Gasteiger partial charge in [0, 0.05) is 12.6 Å². The summed E-state index contributed by atoms with van der Waals surface area (Å²) in [4.78, 5) is 14.9. The SMILES string of the molecule is CCOC1CC(N2C(=O)C(C(C)CC)NC2C(C)C)C1. The fraction of sp³-hybridized carbons (Fsp3) is 0.938. The third kappa shape index (κ3) is 2.86. The molecule has 1 heterocycles. The molecule has 20 heavy (non-hydrogen) atoms. The Morgan fingerprint density at radius 3 is 2.45 bits per heavy atom. The van der Waals surface area contributed by atoms with Crippen LogP contribution in [0.3, 0.4) is 0 Å². The van der Waals surface area contributed by atoms with Crippen LogP contribution in [0.1, 0.15) is 53.9 Å². The summed E-state index contributed by atoms with van der Waals surface area (Å²) >= 11 is 0. The van der Waals surface area contributed by atoms with Crippen LogP contribution in [0.4, 0.5) is 0 Å². The zero-order chi connectivity index (χ0) is 14.9. The van der Waals surface area contributed by atoms with Crippen molar-refractivity contribution in [3.05, 3.63) is 0 Å². The lowest BCUT2D eigenvalue weighted by Gasteiger charge is -2.44. The summed E-state index contributed by atoms with van der Waals surface area (Å²) in [5.74, 6) is 1.15. The van der Waals surface area contributed by atoms with Crippen LogP contribution in [0.5, 0.6) is 0 Å². The minimum atomic E-state index is -0.00135. The normalized spacial score (nSPS) is 35.5. The van der Waals surface area contributed by atoms with Crippen LogP contribution in [0.15, 0.2) is 0 Å². The molecule has 1 N–H and O–H groups in total. The van der Waals surface area contributed by atoms with Crippen LogP contribution in [-0.4, -0.2) is 41.8 Å². The molecule has 1 amide bonds. The topological polar surface area (TPSA) is 41.6 Å². The van der Waals surface area contributed by atoms with Crippen LogP contribution in [0, 0.1) is 11.8 Å². The molecule has 2 rings (SSSR count). The molecule has 0 spiro atoms. The Kier molecular flexibility index (Phi) is 5.08. The molecule has 1 saturated carbocycles. The highest BCUT2D eigenvalue weighted by Gasteiger charge is 2.48. The molecule has 3 unspecified atom stereocenters. The fourth-order valence-electron chi connectivity index (χ4n) is 3.33. The highest BCUT2D eigenvalue weighted by atomic mass is 16.5. The second-order valence-electron chi connectivity index (χ2n) is 6.67. The van der Waals surface area contributed by atoms with E-state index >= 15 is 0 Å². The second kappa shape index (κ2) is 6.44. The maximum Gasteiger partial charge on any atom is 0.241 e. The molecule has 1 aliphatic heterocycles. The monoisotopic (exact) mass is 282 g/mol. The summed E-state index contributed by atoms with van der Waals surface area (Å²) in [5.41, 5.74) is 0. The standard InChI is InChI=1S/C16H30N2O2/c1-6-11(5)14-16(19)18(15(17-14)10(3)4)12-8-13(9-12)20-7-2/h10-15,17H,6-9H2,1-5H3. The number of carbonyl (C=O) groups excluding carboxylic acids is 1. The Hall–Kier alpha value is -0.610. The fourth-order valence-corrected chi connectivity index (χ4v) is 3.33. The van der Waals surface area contributed by atoms with E-state index in [1.807, 2.05) is 6.92 Å². The van der Waals surface area contributed by atoms with E-state index in [0.29, 0.717) is 29.9 Å². The smallest absolute Gasteiger partial charge is 0.241 e. The first-order valence-electron chi connectivity index (χ1n) is 8.19. The molecular weight excluding hydrogens is 252 g/mol. The molecular formula is C16H30N2O2. The lowest BCUT2D eigenvalue weighted by atomic mass is 9.86. The van der Waals surface area contributed by atoms with E-state index in [9.17, 15) is 4.79 Å². The first-order chi connectivity index (χ1) is 9.49. The third-order valence-electron chi connectivity index (χ3n) is 4.88. The number of hydrogen-bond donors (Lipinski definition) is 1. The first-order valence-corrected chi connectivity index (χ1v) is 8.19. The second-order valence-corrected chi connectivity index (χ2v) is 6.67. The number of amides is 1. The molecule has 2 fully saturated rings. The zero-order valence-electron chi connectivity index (χ0n) is 13.6. The van der Waals surface area contributed by atoms with E-state index in [1.165, 1.54) is 0 Å². The van der Waals surface area contributed by atoms with E-state index in [2.05, 4.69) is 37.9 Å². The van der Waals surface area contributed by atoms with Gasteiger partial charge in [-0.3, -0.25) is 10.1 Å². The van der Waals surface area contributed by atoms with E-state index < -0.39 is 0 Å². The van der Waals surface area contributed by atoms with Gasteiger partial charge in [0.15, 0.2) is 0 Å². The van der Waals surface area contributed by atoms with E-state index in [1.54, 1.807) is 0 Å². The summed E-state index contributed by atoms with van der Waals surface area (Å²) in [7, 11) is 0. The van der Waals surface area contributed by atoms with Gasteiger partial charge in [0.1, 0.15) is 0 Å². The molecule has 4 heteroatoms. The highest BCUT2D eigenvalue weighted by molar-refractivity contribution is 5.85. The molecule has 0 radical (unpaired) electrons. The molecule has 0 aromatic rings. The Balaban J connectivity index is 2.03. The quantitative estimate of drug-likeness (QED) is 0.813. The number of ether oxygens (including phenoxy) is 1. The first kappa shape index (κ1) is 15.8. The third-order valence-corrected chi connectivity index (χ3v) is 4.88. The summed E-state index contributed by atoms with van der Waals surface area (Å²) in [6.45, 7) is 11.5. The summed E-state index contributed by atoms with van der Waals surface area (Å²) in [6, 6.07) is 0.367.